The fourth-order valence-corrected chi connectivity index (χ4v) is 2.19. The second-order valence-corrected chi connectivity index (χ2v) is 6.10. The second kappa shape index (κ2) is 7.44. The molecule has 2 N–H and O–H groups in total. The highest BCUT2D eigenvalue weighted by molar-refractivity contribution is 5.93. The van der Waals surface area contributed by atoms with E-state index in [9.17, 15) is 4.79 Å². The van der Waals surface area contributed by atoms with Crippen LogP contribution in [0.5, 0.6) is 0 Å². The quantitative estimate of drug-likeness (QED) is 0.831. The van der Waals surface area contributed by atoms with Gasteiger partial charge in [0.25, 0.3) is 0 Å². The van der Waals surface area contributed by atoms with Gasteiger partial charge in [-0.3, -0.25) is 4.79 Å². The van der Waals surface area contributed by atoms with Gasteiger partial charge in [0, 0.05) is 18.2 Å². The third kappa shape index (κ3) is 4.34. The monoisotopic (exact) mass is 276 g/mol. The Hall–Kier alpha value is -1.35. The Balaban J connectivity index is 2.97. The zero-order valence-electron chi connectivity index (χ0n) is 13.6. The van der Waals surface area contributed by atoms with Gasteiger partial charge in [-0.25, -0.2) is 0 Å². The predicted octanol–water partition coefficient (Wildman–Crippen LogP) is 3.73. The fraction of sp³-hybridized carbons (Fsp3) is 0.588. The Morgan fingerprint density at radius 1 is 1.10 bits per heavy atom. The van der Waals surface area contributed by atoms with E-state index < -0.39 is 0 Å². The van der Waals surface area contributed by atoms with Gasteiger partial charge in [-0.05, 0) is 36.1 Å². The van der Waals surface area contributed by atoms with Crippen molar-refractivity contribution in [2.45, 2.75) is 46.5 Å². The number of amides is 1. The summed E-state index contributed by atoms with van der Waals surface area (Å²) in [6.45, 7) is 11.3. The SMILES string of the molecule is CNCC(C)C(=O)Nc1ccc(C(C)C)cc1C(C)C. The van der Waals surface area contributed by atoms with Crippen molar-refractivity contribution in [1.29, 1.82) is 0 Å². The number of carbonyl (C=O) groups is 1. The van der Waals surface area contributed by atoms with Gasteiger partial charge in [0.05, 0.1) is 0 Å². The largest absolute Gasteiger partial charge is 0.326 e. The Kier molecular flexibility index (Phi) is 6.21. The minimum Gasteiger partial charge on any atom is -0.326 e. The lowest BCUT2D eigenvalue weighted by molar-refractivity contribution is -0.119. The molecule has 0 saturated carbocycles. The Labute approximate surface area is 123 Å². The molecule has 1 aromatic rings. The molecule has 0 heterocycles. The molecule has 1 rings (SSSR count). The van der Waals surface area contributed by atoms with Crippen LogP contribution in [0.15, 0.2) is 18.2 Å². The molecule has 0 aliphatic rings. The van der Waals surface area contributed by atoms with Gasteiger partial charge in [-0.2, -0.15) is 0 Å². The zero-order chi connectivity index (χ0) is 15.3. The number of benzene rings is 1. The van der Waals surface area contributed by atoms with Crippen LogP contribution in [0.4, 0.5) is 5.69 Å². The minimum absolute atomic E-state index is 0.0372. The Bertz CT molecular complexity index is 452. The molecule has 0 fully saturated rings. The van der Waals surface area contributed by atoms with Gasteiger partial charge in [0.1, 0.15) is 0 Å². The van der Waals surface area contributed by atoms with E-state index in [1.54, 1.807) is 0 Å². The first-order valence-electron chi connectivity index (χ1n) is 7.46. The van der Waals surface area contributed by atoms with Crippen molar-refractivity contribution < 1.29 is 4.79 Å². The second-order valence-electron chi connectivity index (χ2n) is 6.10. The summed E-state index contributed by atoms with van der Waals surface area (Å²) >= 11 is 0. The van der Waals surface area contributed by atoms with Crippen molar-refractivity contribution in [2.24, 2.45) is 5.92 Å². The van der Waals surface area contributed by atoms with E-state index in [1.165, 1.54) is 11.1 Å². The summed E-state index contributed by atoms with van der Waals surface area (Å²) in [5.74, 6) is 0.924. The topological polar surface area (TPSA) is 41.1 Å². The zero-order valence-corrected chi connectivity index (χ0v) is 13.6. The molecule has 20 heavy (non-hydrogen) atoms. The van der Waals surface area contributed by atoms with Crippen LogP contribution in [0.3, 0.4) is 0 Å². The molecule has 1 aromatic carbocycles. The summed E-state index contributed by atoms with van der Waals surface area (Å²) < 4.78 is 0. The van der Waals surface area contributed by atoms with Gasteiger partial charge in [0.15, 0.2) is 0 Å². The van der Waals surface area contributed by atoms with Crippen LogP contribution >= 0.6 is 0 Å². The maximum absolute atomic E-state index is 12.1. The van der Waals surface area contributed by atoms with E-state index in [-0.39, 0.29) is 11.8 Å². The lowest BCUT2D eigenvalue weighted by Crippen LogP contribution is -2.29. The van der Waals surface area contributed by atoms with Crippen molar-refractivity contribution in [3.63, 3.8) is 0 Å². The first-order chi connectivity index (χ1) is 9.36. The lowest BCUT2D eigenvalue weighted by Gasteiger charge is -2.18. The van der Waals surface area contributed by atoms with E-state index in [2.05, 4.69) is 50.5 Å². The van der Waals surface area contributed by atoms with Crippen molar-refractivity contribution in [3.8, 4) is 0 Å². The molecule has 3 nitrogen and oxygen atoms in total. The van der Waals surface area contributed by atoms with Crippen LogP contribution in [-0.4, -0.2) is 19.5 Å². The van der Waals surface area contributed by atoms with Crippen LogP contribution in [-0.2, 0) is 4.79 Å². The van der Waals surface area contributed by atoms with E-state index in [4.69, 9.17) is 0 Å². The van der Waals surface area contributed by atoms with Gasteiger partial charge < -0.3 is 10.6 Å². The minimum atomic E-state index is -0.0372. The summed E-state index contributed by atoms with van der Waals surface area (Å²) in [6, 6.07) is 6.36. The summed E-state index contributed by atoms with van der Waals surface area (Å²) in [6.07, 6.45) is 0. The third-order valence-corrected chi connectivity index (χ3v) is 3.58. The highest BCUT2D eigenvalue weighted by Gasteiger charge is 2.15. The molecule has 112 valence electrons. The molecule has 1 unspecified atom stereocenters. The van der Waals surface area contributed by atoms with Crippen molar-refractivity contribution in [2.75, 3.05) is 18.9 Å². The average molecular weight is 276 g/mol. The average Bonchev–Trinajstić information content (AvgIpc) is 2.38. The lowest BCUT2D eigenvalue weighted by atomic mass is 9.94. The summed E-state index contributed by atoms with van der Waals surface area (Å²) in [4.78, 5) is 12.1. The van der Waals surface area contributed by atoms with Crippen LogP contribution in [0, 0.1) is 5.92 Å². The molecule has 0 radical (unpaired) electrons. The molecule has 0 bridgehead atoms. The highest BCUT2D eigenvalue weighted by Crippen LogP contribution is 2.28. The molecule has 0 aliphatic heterocycles. The van der Waals surface area contributed by atoms with Crippen LogP contribution in [0.25, 0.3) is 0 Å². The number of hydrogen-bond acceptors (Lipinski definition) is 2. The maximum Gasteiger partial charge on any atom is 0.228 e. The molecule has 1 amide bonds. The molecular formula is C17H28N2O. The number of anilines is 1. The fourth-order valence-electron chi connectivity index (χ4n) is 2.19. The van der Waals surface area contributed by atoms with Crippen molar-refractivity contribution >= 4 is 11.6 Å². The van der Waals surface area contributed by atoms with Crippen LogP contribution in [0.1, 0.15) is 57.6 Å². The molecule has 0 spiro atoms. The Morgan fingerprint density at radius 2 is 1.75 bits per heavy atom. The third-order valence-electron chi connectivity index (χ3n) is 3.58. The molecule has 0 aliphatic carbocycles. The number of rotatable bonds is 6. The Morgan fingerprint density at radius 3 is 2.25 bits per heavy atom. The van der Waals surface area contributed by atoms with Gasteiger partial charge in [0.2, 0.25) is 5.91 Å². The van der Waals surface area contributed by atoms with Crippen molar-refractivity contribution in [1.82, 2.24) is 5.32 Å². The molecule has 3 heteroatoms. The first-order valence-corrected chi connectivity index (χ1v) is 7.46. The van der Waals surface area contributed by atoms with Crippen LogP contribution in [0.2, 0.25) is 0 Å². The van der Waals surface area contributed by atoms with E-state index in [0.29, 0.717) is 18.4 Å². The first kappa shape index (κ1) is 16.7. The summed E-state index contributed by atoms with van der Waals surface area (Å²) in [7, 11) is 1.86. The van der Waals surface area contributed by atoms with Gasteiger partial charge in [-0.1, -0.05) is 46.8 Å². The smallest absolute Gasteiger partial charge is 0.228 e. The van der Waals surface area contributed by atoms with Crippen LogP contribution < -0.4 is 10.6 Å². The van der Waals surface area contributed by atoms with Gasteiger partial charge in [-0.15, -0.1) is 0 Å². The van der Waals surface area contributed by atoms with E-state index >= 15 is 0 Å². The molecule has 1 atom stereocenters. The molecule has 0 saturated heterocycles. The normalized spacial score (nSPS) is 12.8. The van der Waals surface area contributed by atoms with E-state index in [1.807, 2.05) is 20.0 Å². The molecular weight excluding hydrogens is 248 g/mol. The highest BCUT2D eigenvalue weighted by atomic mass is 16.1. The van der Waals surface area contributed by atoms with Gasteiger partial charge >= 0.3 is 0 Å². The van der Waals surface area contributed by atoms with E-state index in [0.717, 1.165) is 5.69 Å². The summed E-state index contributed by atoms with van der Waals surface area (Å²) in [5.41, 5.74) is 3.47. The summed E-state index contributed by atoms with van der Waals surface area (Å²) in [5, 5.41) is 6.10. The molecule has 0 aromatic heterocycles. The standard InChI is InChI=1S/C17H28N2O/c1-11(2)14-7-8-16(15(9-14)12(3)4)19-17(20)13(5)10-18-6/h7-9,11-13,18H,10H2,1-6H3,(H,19,20). The number of hydrogen-bond donors (Lipinski definition) is 2. The predicted molar refractivity (Wildman–Crippen MR) is 86.3 cm³/mol. The maximum atomic E-state index is 12.1. The van der Waals surface area contributed by atoms with Crippen molar-refractivity contribution in [3.05, 3.63) is 29.3 Å². The number of carbonyl (C=O) groups excluding carboxylic acids is 1. The number of nitrogens with one attached hydrogen (secondary N) is 2.